The Morgan fingerprint density at radius 3 is 2.89 bits per heavy atom. The number of aryl methyl sites for hydroxylation is 2. The van der Waals surface area contributed by atoms with Gasteiger partial charge in [-0.25, -0.2) is 4.98 Å². The minimum atomic E-state index is -0.133. The maximum absolute atomic E-state index is 11.4. The first-order valence-electron chi connectivity index (χ1n) is 5.93. The van der Waals surface area contributed by atoms with E-state index in [1.54, 1.807) is 0 Å². The molecular formula is C13H16N4O. The minimum absolute atomic E-state index is 0.133. The van der Waals surface area contributed by atoms with Crippen molar-refractivity contribution in [2.45, 2.75) is 26.8 Å². The van der Waals surface area contributed by atoms with E-state index < -0.39 is 0 Å². The van der Waals surface area contributed by atoms with E-state index in [-0.39, 0.29) is 5.56 Å². The van der Waals surface area contributed by atoms with Crippen LogP contribution in [0.1, 0.15) is 24.0 Å². The zero-order valence-corrected chi connectivity index (χ0v) is 10.5. The maximum Gasteiger partial charge on any atom is 0.252 e. The third-order valence-electron chi connectivity index (χ3n) is 2.57. The fourth-order valence-corrected chi connectivity index (χ4v) is 1.56. The van der Waals surface area contributed by atoms with Crippen molar-refractivity contribution in [2.24, 2.45) is 0 Å². The summed E-state index contributed by atoms with van der Waals surface area (Å²) < 4.78 is 0. The average Bonchev–Trinajstić information content (AvgIpc) is 2.37. The number of hydrogen-bond acceptors (Lipinski definition) is 4. The lowest BCUT2D eigenvalue weighted by Crippen LogP contribution is -2.13. The van der Waals surface area contributed by atoms with Crippen molar-refractivity contribution < 1.29 is 0 Å². The molecule has 0 radical (unpaired) electrons. The number of H-pyrrole nitrogens is 1. The molecule has 5 heteroatoms. The number of aromatic nitrogens is 3. The molecule has 0 amide bonds. The number of nitrogens with zero attached hydrogens (tertiary/aromatic N) is 2. The summed E-state index contributed by atoms with van der Waals surface area (Å²) in [7, 11) is 0. The Bertz CT molecular complexity index is 574. The van der Waals surface area contributed by atoms with Gasteiger partial charge in [0, 0.05) is 30.9 Å². The normalized spacial score (nSPS) is 10.3. The van der Waals surface area contributed by atoms with Gasteiger partial charge in [0.05, 0.1) is 0 Å². The Hall–Kier alpha value is -2.17. The van der Waals surface area contributed by atoms with Crippen LogP contribution in [0.2, 0.25) is 0 Å². The van der Waals surface area contributed by atoms with Gasteiger partial charge in [0.15, 0.2) is 0 Å². The SMILES string of the molecule is CCc1nc(NCc2ccc(C)nc2)cc(=O)[nH]1. The van der Waals surface area contributed by atoms with E-state index in [2.05, 4.69) is 20.3 Å². The summed E-state index contributed by atoms with van der Waals surface area (Å²) in [6, 6.07) is 5.42. The number of nitrogens with one attached hydrogen (secondary N) is 2. The van der Waals surface area contributed by atoms with E-state index in [1.165, 1.54) is 6.07 Å². The Morgan fingerprint density at radius 1 is 1.39 bits per heavy atom. The molecule has 0 atom stereocenters. The van der Waals surface area contributed by atoms with Crippen LogP contribution in [0.15, 0.2) is 29.2 Å². The van der Waals surface area contributed by atoms with Crippen LogP contribution in [0.5, 0.6) is 0 Å². The van der Waals surface area contributed by atoms with E-state index in [1.807, 2.05) is 32.2 Å². The van der Waals surface area contributed by atoms with Gasteiger partial charge < -0.3 is 10.3 Å². The second kappa shape index (κ2) is 5.44. The summed E-state index contributed by atoms with van der Waals surface area (Å²) in [5.41, 5.74) is 1.91. The first kappa shape index (κ1) is 12.3. The summed E-state index contributed by atoms with van der Waals surface area (Å²) >= 11 is 0. The highest BCUT2D eigenvalue weighted by Gasteiger charge is 2.00. The highest BCUT2D eigenvalue weighted by molar-refractivity contribution is 5.34. The molecule has 0 aliphatic heterocycles. The first-order chi connectivity index (χ1) is 8.67. The summed E-state index contributed by atoms with van der Waals surface area (Å²) in [6.07, 6.45) is 2.52. The minimum Gasteiger partial charge on any atom is -0.366 e. The Kier molecular flexibility index (Phi) is 3.72. The number of anilines is 1. The van der Waals surface area contributed by atoms with Gasteiger partial charge in [-0.2, -0.15) is 0 Å². The fourth-order valence-electron chi connectivity index (χ4n) is 1.56. The fraction of sp³-hybridized carbons (Fsp3) is 0.308. The molecule has 0 saturated carbocycles. The third-order valence-corrected chi connectivity index (χ3v) is 2.57. The zero-order valence-electron chi connectivity index (χ0n) is 10.5. The first-order valence-corrected chi connectivity index (χ1v) is 5.93. The van der Waals surface area contributed by atoms with Crippen LogP contribution in [0.25, 0.3) is 0 Å². The van der Waals surface area contributed by atoms with Crippen LogP contribution in [-0.2, 0) is 13.0 Å². The molecule has 0 saturated heterocycles. The van der Waals surface area contributed by atoms with Crippen molar-refractivity contribution in [3.05, 3.63) is 51.8 Å². The second-order valence-electron chi connectivity index (χ2n) is 4.09. The van der Waals surface area contributed by atoms with Gasteiger partial charge in [0.2, 0.25) is 0 Å². The molecular weight excluding hydrogens is 228 g/mol. The van der Waals surface area contributed by atoms with Crippen LogP contribution in [0.4, 0.5) is 5.82 Å². The van der Waals surface area contributed by atoms with Crippen LogP contribution in [0, 0.1) is 6.92 Å². The quantitative estimate of drug-likeness (QED) is 0.858. The van der Waals surface area contributed by atoms with Crippen LogP contribution < -0.4 is 10.9 Å². The third kappa shape index (κ3) is 3.16. The molecule has 0 aliphatic rings. The summed E-state index contributed by atoms with van der Waals surface area (Å²) in [5.74, 6) is 1.28. The predicted octanol–water partition coefficient (Wildman–Crippen LogP) is 1.65. The van der Waals surface area contributed by atoms with Crippen LogP contribution in [-0.4, -0.2) is 15.0 Å². The van der Waals surface area contributed by atoms with E-state index >= 15 is 0 Å². The van der Waals surface area contributed by atoms with E-state index in [0.717, 1.165) is 11.3 Å². The lowest BCUT2D eigenvalue weighted by atomic mass is 10.2. The van der Waals surface area contributed by atoms with E-state index in [0.29, 0.717) is 24.6 Å². The van der Waals surface area contributed by atoms with Crippen molar-refractivity contribution in [3.63, 3.8) is 0 Å². The van der Waals surface area contributed by atoms with Crippen LogP contribution >= 0.6 is 0 Å². The summed E-state index contributed by atoms with van der Waals surface area (Å²) in [4.78, 5) is 22.6. The van der Waals surface area contributed by atoms with Gasteiger partial charge in [-0.3, -0.25) is 9.78 Å². The van der Waals surface area contributed by atoms with Crippen molar-refractivity contribution >= 4 is 5.82 Å². The molecule has 18 heavy (non-hydrogen) atoms. The Labute approximate surface area is 105 Å². The van der Waals surface area contributed by atoms with Gasteiger partial charge in [0.25, 0.3) is 5.56 Å². The van der Waals surface area contributed by atoms with Gasteiger partial charge >= 0.3 is 0 Å². The zero-order chi connectivity index (χ0) is 13.0. The molecule has 94 valence electrons. The smallest absolute Gasteiger partial charge is 0.252 e. The molecule has 0 spiro atoms. The number of rotatable bonds is 4. The standard InChI is InChI=1S/C13H16N4O/c1-3-11-16-12(6-13(18)17-11)15-8-10-5-4-9(2)14-7-10/h4-7H,3,8H2,1-2H3,(H2,15,16,17,18). The van der Waals surface area contributed by atoms with Gasteiger partial charge in [0.1, 0.15) is 11.6 Å². The van der Waals surface area contributed by atoms with E-state index in [4.69, 9.17) is 0 Å². The summed E-state index contributed by atoms with van der Waals surface area (Å²) in [5, 5.41) is 3.12. The topological polar surface area (TPSA) is 70.7 Å². The van der Waals surface area contributed by atoms with Crippen molar-refractivity contribution in [1.29, 1.82) is 0 Å². The molecule has 0 aliphatic carbocycles. The molecule has 0 bridgehead atoms. The van der Waals surface area contributed by atoms with Crippen LogP contribution in [0.3, 0.4) is 0 Å². The molecule has 0 unspecified atom stereocenters. The van der Waals surface area contributed by atoms with E-state index in [9.17, 15) is 4.79 Å². The molecule has 2 aromatic heterocycles. The Balaban J connectivity index is 2.08. The Morgan fingerprint density at radius 2 is 2.22 bits per heavy atom. The summed E-state index contributed by atoms with van der Waals surface area (Å²) in [6.45, 7) is 4.50. The van der Waals surface area contributed by atoms with Gasteiger partial charge in [-0.1, -0.05) is 13.0 Å². The van der Waals surface area contributed by atoms with Crippen molar-refractivity contribution in [2.75, 3.05) is 5.32 Å². The molecule has 2 N–H and O–H groups in total. The molecule has 2 aromatic rings. The number of aromatic amines is 1. The van der Waals surface area contributed by atoms with Gasteiger partial charge in [-0.15, -0.1) is 0 Å². The largest absolute Gasteiger partial charge is 0.366 e. The predicted molar refractivity (Wildman–Crippen MR) is 70.5 cm³/mol. The lowest BCUT2D eigenvalue weighted by molar-refractivity contribution is 0.914. The van der Waals surface area contributed by atoms with Gasteiger partial charge in [-0.05, 0) is 18.6 Å². The highest BCUT2D eigenvalue weighted by Crippen LogP contribution is 2.04. The monoisotopic (exact) mass is 244 g/mol. The van der Waals surface area contributed by atoms with Crippen molar-refractivity contribution in [3.8, 4) is 0 Å². The maximum atomic E-state index is 11.4. The number of hydrogen-bond donors (Lipinski definition) is 2. The molecule has 5 nitrogen and oxygen atoms in total. The molecule has 0 fully saturated rings. The lowest BCUT2D eigenvalue weighted by Gasteiger charge is -2.06. The molecule has 2 rings (SSSR count). The average molecular weight is 244 g/mol. The number of pyridine rings is 1. The highest BCUT2D eigenvalue weighted by atomic mass is 16.1. The van der Waals surface area contributed by atoms with Crippen molar-refractivity contribution in [1.82, 2.24) is 15.0 Å². The second-order valence-corrected chi connectivity index (χ2v) is 4.09. The molecule has 2 heterocycles. The molecule has 0 aromatic carbocycles.